The third kappa shape index (κ3) is 4.06. The van der Waals surface area contributed by atoms with Crippen molar-refractivity contribution in [1.82, 2.24) is 19.7 Å². The van der Waals surface area contributed by atoms with Crippen LogP contribution in [0.15, 0.2) is 54.3 Å². The zero-order valence-corrected chi connectivity index (χ0v) is 14.7. The van der Waals surface area contributed by atoms with Crippen LogP contribution in [0.2, 0.25) is 0 Å². The number of aromatic nitrogens is 4. The van der Waals surface area contributed by atoms with Crippen molar-refractivity contribution in [1.29, 1.82) is 0 Å². The number of hydrogen-bond acceptors (Lipinski definition) is 6. The van der Waals surface area contributed by atoms with Gasteiger partial charge in [-0.3, -0.25) is 4.79 Å². The highest BCUT2D eigenvalue weighted by atomic mass is 16.5. The molecule has 8 nitrogen and oxygen atoms in total. The molecule has 0 bridgehead atoms. The number of nitrogens with zero attached hydrogens (tertiary/aromatic N) is 4. The molecule has 2 aromatic rings. The second-order valence-corrected chi connectivity index (χ2v) is 6.59. The maximum atomic E-state index is 11.2. The Labute approximate surface area is 156 Å². The van der Waals surface area contributed by atoms with E-state index in [2.05, 4.69) is 27.2 Å². The topological polar surface area (TPSA) is 99.4 Å². The molecule has 1 N–H and O–H groups in total. The van der Waals surface area contributed by atoms with Gasteiger partial charge in [-0.1, -0.05) is 12.2 Å². The normalized spacial score (nSPS) is 21.8. The zero-order valence-electron chi connectivity index (χ0n) is 14.7. The SMILES string of the molecule is O=C(O)C1COC2CC=C(CCOc3ccc(-n4cncn4)nc3)C=C2C1. The lowest BCUT2D eigenvalue weighted by Crippen LogP contribution is -2.33. The molecule has 0 saturated carbocycles. The first-order chi connectivity index (χ1) is 13.2. The number of carboxylic acid groups (broad SMARTS) is 1. The van der Waals surface area contributed by atoms with Crippen molar-refractivity contribution < 1.29 is 19.4 Å². The summed E-state index contributed by atoms with van der Waals surface area (Å²) in [4.78, 5) is 19.4. The summed E-state index contributed by atoms with van der Waals surface area (Å²) in [5.41, 5.74) is 2.23. The van der Waals surface area contributed by atoms with Crippen molar-refractivity contribution in [2.24, 2.45) is 5.92 Å². The van der Waals surface area contributed by atoms with E-state index in [0.29, 0.717) is 31.2 Å². The van der Waals surface area contributed by atoms with Gasteiger partial charge in [-0.15, -0.1) is 0 Å². The minimum atomic E-state index is -0.796. The van der Waals surface area contributed by atoms with Crippen LogP contribution in [-0.4, -0.2) is 50.1 Å². The van der Waals surface area contributed by atoms with Gasteiger partial charge < -0.3 is 14.6 Å². The molecule has 1 saturated heterocycles. The van der Waals surface area contributed by atoms with Crippen LogP contribution in [0, 0.1) is 5.92 Å². The molecule has 140 valence electrons. The van der Waals surface area contributed by atoms with Crippen LogP contribution < -0.4 is 4.74 Å². The molecular formula is C19H20N4O4. The van der Waals surface area contributed by atoms with Crippen molar-refractivity contribution in [2.45, 2.75) is 25.4 Å². The molecule has 1 aliphatic carbocycles. The molecule has 2 aromatic heterocycles. The number of carboxylic acids is 1. The lowest BCUT2D eigenvalue weighted by Gasteiger charge is -2.31. The summed E-state index contributed by atoms with van der Waals surface area (Å²) < 4.78 is 13.0. The molecule has 2 aliphatic rings. The molecule has 2 atom stereocenters. The summed E-state index contributed by atoms with van der Waals surface area (Å²) in [5, 5.41) is 13.2. The minimum Gasteiger partial charge on any atom is -0.492 e. The van der Waals surface area contributed by atoms with E-state index >= 15 is 0 Å². The van der Waals surface area contributed by atoms with E-state index in [1.165, 1.54) is 6.33 Å². The van der Waals surface area contributed by atoms with Gasteiger partial charge in [0.25, 0.3) is 0 Å². The number of hydrogen-bond donors (Lipinski definition) is 1. The van der Waals surface area contributed by atoms with Gasteiger partial charge in [0, 0.05) is 6.42 Å². The van der Waals surface area contributed by atoms with Crippen molar-refractivity contribution in [3.63, 3.8) is 0 Å². The largest absolute Gasteiger partial charge is 0.492 e. The molecule has 0 spiro atoms. The molecule has 1 aliphatic heterocycles. The van der Waals surface area contributed by atoms with Gasteiger partial charge in [-0.2, -0.15) is 5.10 Å². The third-order valence-electron chi connectivity index (χ3n) is 4.74. The number of pyridine rings is 1. The first-order valence-corrected chi connectivity index (χ1v) is 8.87. The van der Waals surface area contributed by atoms with Crippen molar-refractivity contribution in [3.8, 4) is 11.6 Å². The molecule has 8 heteroatoms. The summed E-state index contributed by atoms with van der Waals surface area (Å²) in [6, 6.07) is 3.67. The molecule has 27 heavy (non-hydrogen) atoms. The lowest BCUT2D eigenvalue weighted by molar-refractivity contribution is -0.146. The Morgan fingerprint density at radius 2 is 2.33 bits per heavy atom. The zero-order chi connectivity index (χ0) is 18.6. The monoisotopic (exact) mass is 368 g/mol. The highest BCUT2D eigenvalue weighted by Gasteiger charge is 2.31. The van der Waals surface area contributed by atoms with Gasteiger partial charge in [0.05, 0.1) is 31.4 Å². The van der Waals surface area contributed by atoms with Gasteiger partial charge in [-0.25, -0.2) is 14.6 Å². The highest BCUT2D eigenvalue weighted by molar-refractivity contribution is 5.71. The predicted octanol–water partition coefficient (Wildman–Crippen LogP) is 2.18. The van der Waals surface area contributed by atoms with Crippen LogP contribution in [-0.2, 0) is 9.53 Å². The van der Waals surface area contributed by atoms with E-state index < -0.39 is 11.9 Å². The summed E-state index contributed by atoms with van der Waals surface area (Å²) in [6.45, 7) is 0.815. The average molecular weight is 368 g/mol. The van der Waals surface area contributed by atoms with Crippen LogP contribution in [0.1, 0.15) is 19.3 Å². The second kappa shape index (κ2) is 7.71. The second-order valence-electron chi connectivity index (χ2n) is 6.59. The Morgan fingerprint density at radius 1 is 1.41 bits per heavy atom. The molecular weight excluding hydrogens is 348 g/mol. The van der Waals surface area contributed by atoms with E-state index in [1.807, 2.05) is 12.1 Å². The molecule has 0 aromatic carbocycles. The van der Waals surface area contributed by atoms with Crippen molar-refractivity contribution in [3.05, 3.63) is 54.3 Å². The Kier molecular flexibility index (Phi) is 4.97. The Morgan fingerprint density at radius 3 is 3.07 bits per heavy atom. The lowest BCUT2D eigenvalue weighted by atomic mass is 9.86. The maximum Gasteiger partial charge on any atom is 0.309 e. The number of rotatable bonds is 6. The molecule has 0 radical (unpaired) electrons. The van der Waals surface area contributed by atoms with Gasteiger partial charge in [0.15, 0.2) is 5.82 Å². The number of allylic oxidation sites excluding steroid dienone is 1. The number of ether oxygens (including phenoxy) is 2. The number of fused-ring (bicyclic) bond motifs is 1. The molecule has 3 heterocycles. The Bertz CT molecular complexity index is 858. The van der Waals surface area contributed by atoms with E-state index in [4.69, 9.17) is 9.47 Å². The fraction of sp³-hybridized carbons (Fsp3) is 0.368. The third-order valence-corrected chi connectivity index (χ3v) is 4.74. The van der Waals surface area contributed by atoms with Crippen LogP contribution >= 0.6 is 0 Å². The van der Waals surface area contributed by atoms with Crippen LogP contribution in [0.4, 0.5) is 0 Å². The Hall–Kier alpha value is -3.00. The minimum absolute atomic E-state index is 0.0267. The quantitative estimate of drug-likeness (QED) is 0.834. The summed E-state index contributed by atoms with van der Waals surface area (Å²) in [5.74, 6) is 0.122. The number of carbonyl (C=O) groups is 1. The molecule has 2 unspecified atom stereocenters. The maximum absolute atomic E-state index is 11.2. The van der Waals surface area contributed by atoms with E-state index in [0.717, 1.165) is 24.0 Å². The van der Waals surface area contributed by atoms with Gasteiger partial charge >= 0.3 is 5.97 Å². The molecule has 4 rings (SSSR count). The summed E-state index contributed by atoms with van der Waals surface area (Å²) in [7, 11) is 0. The van der Waals surface area contributed by atoms with E-state index in [9.17, 15) is 9.90 Å². The molecule has 1 fully saturated rings. The van der Waals surface area contributed by atoms with Gasteiger partial charge in [0.1, 0.15) is 18.4 Å². The van der Waals surface area contributed by atoms with E-state index in [1.54, 1.807) is 17.2 Å². The van der Waals surface area contributed by atoms with Crippen molar-refractivity contribution >= 4 is 5.97 Å². The van der Waals surface area contributed by atoms with Crippen LogP contribution in [0.25, 0.3) is 5.82 Å². The predicted molar refractivity (Wildman–Crippen MR) is 95.5 cm³/mol. The first kappa shape index (κ1) is 17.4. The standard InChI is InChI=1S/C19H20N4O4/c24-19(25)15-8-14-7-13(1-3-17(14)27-10-15)5-6-26-16-2-4-18(21-9-16)23-12-20-11-22-23/h1-2,4,7,9,11-12,15,17H,3,5-6,8,10H2,(H,24,25). The van der Waals surface area contributed by atoms with Crippen LogP contribution in [0.3, 0.4) is 0 Å². The van der Waals surface area contributed by atoms with Crippen LogP contribution in [0.5, 0.6) is 5.75 Å². The molecule has 0 amide bonds. The highest BCUT2D eigenvalue weighted by Crippen LogP contribution is 2.32. The van der Waals surface area contributed by atoms with E-state index in [-0.39, 0.29) is 6.10 Å². The summed E-state index contributed by atoms with van der Waals surface area (Å²) in [6.07, 6.45) is 11.0. The summed E-state index contributed by atoms with van der Waals surface area (Å²) >= 11 is 0. The first-order valence-electron chi connectivity index (χ1n) is 8.87. The van der Waals surface area contributed by atoms with Gasteiger partial charge in [0.2, 0.25) is 0 Å². The fourth-order valence-corrected chi connectivity index (χ4v) is 3.28. The average Bonchev–Trinajstić information content (AvgIpc) is 3.23. The van der Waals surface area contributed by atoms with Crippen molar-refractivity contribution in [2.75, 3.05) is 13.2 Å². The number of aliphatic carboxylic acids is 1. The van der Waals surface area contributed by atoms with Gasteiger partial charge in [-0.05, 0) is 36.1 Å². The fourth-order valence-electron chi connectivity index (χ4n) is 3.28. The smallest absolute Gasteiger partial charge is 0.309 e. The Balaban J connectivity index is 1.30.